The molecule has 9 heteroatoms. The van der Waals surface area contributed by atoms with Crippen molar-refractivity contribution >= 4 is 29.5 Å². The van der Waals surface area contributed by atoms with Crippen LogP contribution in [0.15, 0.2) is 24.3 Å². The van der Waals surface area contributed by atoms with E-state index in [1.807, 2.05) is 6.07 Å². The molecule has 0 bridgehead atoms. The zero-order valence-electron chi connectivity index (χ0n) is 14.7. The number of urea groups is 1. The first-order valence-corrected chi connectivity index (χ1v) is 8.43. The van der Waals surface area contributed by atoms with Crippen molar-refractivity contribution in [3.05, 3.63) is 29.8 Å². The monoisotopic (exact) mass is 370 g/mol. The lowest BCUT2D eigenvalue weighted by molar-refractivity contribution is -0.150. The van der Waals surface area contributed by atoms with Crippen molar-refractivity contribution < 1.29 is 23.9 Å². The van der Waals surface area contributed by atoms with Crippen molar-refractivity contribution in [1.29, 1.82) is 5.26 Å². The zero-order valence-corrected chi connectivity index (χ0v) is 14.7. The van der Waals surface area contributed by atoms with Crippen molar-refractivity contribution in [3.63, 3.8) is 0 Å². The molecule has 2 aliphatic rings. The Hall–Kier alpha value is -3.41. The predicted octanol–water partition coefficient (Wildman–Crippen LogP) is 0.760. The van der Waals surface area contributed by atoms with Gasteiger partial charge in [0.05, 0.1) is 11.6 Å². The van der Waals surface area contributed by atoms with Crippen molar-refractivity contribution in [3.8, 4) is 6.07 Å². The Balaban J connectivity index is 1.48. The van der Waals surface area contributed by atoms with E-state index >= 15 is 0 Å². The van der Waals surface area contributed by atoms with Crippen molar-refractivity contribution in [2.45, 2.75) is 25.3 Å². The molecule has 0 spiro atoms. The highest BCUT2D eigenvalue weighted by molar-refractivity contribution is 6.09. The highest BCUT2D eigenvalue weighted by Crippen LogP contribution is 2.42. The molecule has 2 fully saturated rings. The largest absolute Gasteiger partial charge is 0.454 e. The lowest BCUT2D eigenvalue weighted by atomic mass is 9.96. The van der Waals surface area contributed by atoms with Crippen molar-refractivity contribution in [2.24, 2.45) is 5.92 Å². The van der Waals surface area contributed by atoms with Crippen LogP contribution in [-0.4, -0.2) is 47.4 Å². The first-order chi connectivity index (χ1) is 12.8. The minimum Gasteiger partial charge on any atom is -0.454 e. The van der Waals surface area contributed by atoms with Gasteiger partial charge in [0.1, 0.15) is 12.1 Å². The minimum absolute atomic E-state index is 0.0909. The van der Waals surface area contributed by atoms with Gasteiger partial charge in [-0.2, -0.15) is 5.26 Å². The summed E-state index contributed by atoms with van der Waals surface area (Å²) in [6.07, 6.45) is 1.71. The molecule has 1 heterocycles. The van der Waals surface area contributed by atoms with E-state index in [1.54, 1.807) is 19.1 Å². The number of imide groups is 1. The number of esters is 1. The molecule has 9 nitrogen and oxygen atoms in total. The molecular formula is C18H18N4O5. The minimum atomic E-state index is -0.968. The second-order valence-corrected chi connectivity index (χ2v) is 6.70. The number of amides is 4. The van der Waals surface area contributed by atoms with E-state index in [0.717, 1.165) is 17.7 Å². The first-order valence-electron chi connectivity index (χ1n) is 8.43. The highest BCUT2D eigenvalue weighted by Gasteiger charge is 2.56. The molecule has 1 aliphatic carbocycles. The van der Waals surface area contributed by atoms with Crippen LogP contribution < -0.4 is 10.6 Å². The molecule has 1 saturated heterocycles. The topological polar surface area (TPSA) is 129 Å². The number of nitrogens with one attached hydrogen (secondary N) is 2. The van der Waals surface area contributed by atoms with Gasteiger partial charge in [-0.05, 0) is 49.9 Å². The van der Waals surface area contributed by atoms with Crippen molar-refractivity contribution in [2.75, 3.05) is 18.5 Å². The normalized spacial score (nSPS) is 21.4. The maximum absolute atomic E-state index is 12.4. The molecule has 1 aliphatic heterocycles. The number of hydrogen-bond donors (Lipinski definition) is 2. The Morgan fingerprint density at radius 2 is 2.00 bits per heavy atom. The van der Waals surface area contributed by atoms with Gasteiger partial charge in [0.2, 0.25) is 0 Å². The van der Waals surface area contributed by atoms with Crippen LogP contribution >= 0.6 is 0 Å². The number of rotatable bonds is 6. The van der Waals surface area contributed by atoms with Crippen molar-refractivity contribution in [1.82, 2.24) is 10.2 Å². The second kappa shape index (κ2) is 7.07. The average molecular weight is 370 g/mol. The summed E-state index contributed by atoms with van der Waals surface area (Å²) in [5.41, 5.74) is -0.0693. The molecule has 1 saturated carbocycles. The van der Waals surface area contributed by atoms with Gasteiger partial charge in [0.15, 0.2) is 6.61 Å². The Kier molecular flexibility index (Phi) is 4.81. The number of ether oxygens (including phenoxy) is 1. The first kappa shape index (κ1) is 18.4. The number of anilines is 1. The number of carbonyl (C=O) groups is 4. The number of nitriles is 1. The van der Waals surface area contributed by atoms with Gasteiger partial charge in [-0.3, -0.25) is 19.3 Å². The van der Waals surface area contributed by atoms with E-state index in [9.17, 15) is 19.2 Å². The molecule has 0 aromatic heterocycles. The van der Waals surface area contributed by atoms with Gasteiger partial charge in [-0.1, -0.05) is 0 Å². The van der Waals surface area contributed by atoms with Gasteiger partial charge in [-0.25, -0.2) is 4.79 Å². The fourth-order valence-electron chi connectivity index (χ4n) is 2.94. The standard InChI is InChI=1S/C18H18N4O5/c1-18(12-4-5-12)16(25)22(17(26)21-18)9-15(24)27-10-14(23)20-13-6-2-11(8-19)3-7-13/h2-3,6-7,12H,4-5,9-10H2,1H3,(H,20,23)(H,21,26)/t18-/m0/s1. The molecule has 140 valence electrons. The molecular weight excluding hydrogens is 352 g/mol. The quantitative estimate of drug-likeness (QED) is 0.562. The highest BCUT2D eigenvalue weighted by atomic mass is 16.5. The zero-order chi connectivity index (χ0) is 19.6. The number of nitrogens with zero attached hydrogens (tertiary/aromatic N) is 2. The Morgan fingerprint density at radius 1 is 1.33 bits per heavy atom. The van der Waals surface area contributed by atoms with Crippen LogP contribution in [0.1, 0.15) is 25.3 Å². The molecule has 1 aromatic carbocycles. The molecule has 0 radical (unpaired) electrons. The van der Waals surface area contributed by atoms with Gasteiger partial charge in [0, 0.05) is 5.69 Å². The lowest BCUT2D eigenvalue weighted by Crippen LogP contribution is -2.46. The summed E-state index contributed by atoms with van der Waals surface area (Å²) in [6, 6.07) is 7.49. The average Bonchev–Trinajstić information content (AvgIpc) is 3.47. The molecule has 3 rings (SSSR count). The summed E-state index contributed by atoms with van der Waals surface area (Å²) >= 11 is 0. The number of carbonyl (C=O) groups excluding carboxylic acids is 4. The molecule has 4 amide bonds. The summed E-state index contributed by atoms with van der Waals surface area (Å²) in [4.78, 5) is 49.0. The Labute approximate surface area is 155 Å². The summed E-state index contributed by atoms with van der Waals surface area (Å²) in [5, 5.41) is 13.9. The summed E-state index contributed by atoms with van der Waals surface area (Å²) < 4.78 is 4.85. The fourth-order valence-corrected chi connectivity index (χ4v) is 2.94. The van der Waals surface area contributed by atoms with Gasteiger partial charge < -0.3 is 15.4 Å². The summed E-state index contributed by atoms with van der Waals surface area (Å²) in [6.45, 7) is 0.556. The summed E-state index contributed by atoms with van der Waals surface area (Å²) in [7, 11) is 0. The summed E-state index contributed by atoms with van der Waals surface area (Å²) in [5.74, 6) is -1.79. The fraction of sp³-hybridized carbons (Fsp3) is 0.389. The Bertz CT molecular complexity index is 840. The number of hydrogen-bond acceptors (Lipinski definition) is 6. The molecule has 2 N–H and O–H groups in total. The van der Waals surface area contributed by atoms with Gasteiger partial charge in [-0.15, -0.1) is 0 Å². The predicted molar refractivity (Wildman–Crippen MR) is 92.1 cm³/mol. The number of benzene rings is 1. The van der Waals surface area contributed by atoms with E-state index in [1.165, 1.54) is 12.1 Å². The van der Waals surface area contributed by atoms with E-state index in [2.05, 4.69) is 10.6 Å². The van der Waals surface area contributed by atoms with E-state index in [4.69, 9.17) is 10.00 Å². The lowest BCUT2D eigenvalue weighted by Gasteiger charge is -2.20. The molecule has 1 aromatic rings. The Morgan fingerprint density at radius 3 is 2.59 bits per heavy atom. The SMILES string of the molecule is C[C@@]1(C2CC2)NC(=O)N(CC(=O)OCC(=O)Nc2ccc(C#N)cc2)C1=O. The maximum atomic E-state index is 12.4. The molecule has 27 heavy (non-hydrogen) atoms. The maximum Gasteiger partial charge on any atom is 0.326 e. The third-order valence-electron chi connectivity index (χ3n) is 4.64. The van der Waals surface area contributed by atoms with E-state index < -0.39 is 42.5 Å². The van der Waals surface area contributed by atoms with Crippen LogP contribution in [-0.2, 0) is 19.1 Å². The van der Waals surface area contributed by atoms with Crippen LogP contribution in [0.2, 0.25) is 0 Å². The second-order valence-electron chi connectivity index (χ2n) is 6.70. The third-order valence-corrected chi connectivity index (χ3v) is 4.64. The van der Waals surface area contributed by atoms with Crippen LogP contribution in [0.4, 0.5) is 10.5 Å². The molecule has 1 atom stereocenters. The third kappa shape index (κ3) is 3.89. The smallest absolute Gasteiger partial charge is 0.326 e. The van der Waals surface area contributed by atoms with Gasteiger partial charge in [0.25, 0.3) is 11.8 Å². The van der Waals surface area contributed by atoms with Gasteiger partial charge >= 0.3 is 12.0 Å². The van der Waals surface area contributed by atoms with Crippen LogP contribution in [0, 0.1) is 17.2 Å². The van der Waals surface area contributed by atoms with Crippen LogP contribution in [0.3, 0.4) is 0 Å². The van der Waals surface area contributed by atoms with Crippen LogP contribution in [0.5, 0.6) is 0 Å². The molecule has 0 unspecified atom stereocenters. The van der Waals surface area contributed by atoms with E-state index in [0.29, 0.717) is 11.3 Å². The van der Waals surface area contributed by atoms with Crippen LogP contribution in [0.25, 0.3) is 0 Å². The van der Waals surface area contributed by atoms with E-state index in [-0.39, 0.29) is 5.92 Å².